The van der Waals surface area contributed by atoms with Crippen molar-refractivity contribution in [2.24, 2.45) is 0 Å². The van der Waals surface area contributed by atoms with Gasteiger partial charge in [-0.2, -0.15) is 4.37 Å². The number of halogens is 1. The number of anilines is 1. The number of nitrogens with zero attached hydrogens (tertiary/aromatic N) is 4. The Hall–Kier alpha value is -2.80. The average molecular weight is 396 g/mol. The summed E-state index contributed by atoms with van der Waals surface area (Å²) < 4.78 is 17.9. The van der Waals surface area contributed by atoms with Crippen molar-refractivity contribution in [2.45, 2.75) is 19.4 Å². The molecule has 3 aromatic rings. The summed E-state index contributed by atoms with van der Waals surface area (Å²) in [4.78, 5) is 21.4. The number of carbonyl (C=O) groups excluding carboxylic acids is 1. The summed E-state index contributed by atoms with van der Waals surface area (Å²) in [6, 6.07) is 16.0. The van der Waals surface area contributed by atoms with Gasteiger partial charge in [0.25, 0.3) is 5.91 Å². The standard InChI is InChI=1S/C21H21FN4OS/c1-15-14-25(10-11-26(15)20(27)17-8-5-9-18(22)13-17)21-23-19(24-28-21)12-16-6-3-2-4-7-16/h2-9,13,15H,10-12,14H2,1H3. The Morgan fingerprint density at radius 1 is 1.18 bits per heavy atom. The third kappa shape index (κ3) is 4.04. The Kier molecular flexibility index (Phi) is 5.34. The van der Waals surface area contributed by atoms with Crippen LogP contribution in [0.3, 0.4) is 0 Å². The van der Waals surface area contributed by atoms with E-state index in [2.05, 4.69) is 26.4 Å². The third-order valence-corrected chi connectivity index (χ3v) is 5.71. The zero-order valence-electron chi connectivity index (χ0n) is 15.6. The van der Waals surface area contributed by atoms with Gasteiger partial charge < -0.3 is 9.80 Å². The van der Waals surface area contributed by atoms with Crippen molar-refractivity contribution in [2.75, 3.05) is 24.5 Å². The highest BCUT2D eigenvalue weighted by atomic mass is 32.1. The SMILES string of the molecule is CC1CN(c2nc(Cc3ccccc3)ns2)CCN1C(=O)c1cccc(F)c1. The molecule has 4 rings (SSSR count). The van der Waals surface area contributed by atoms with Crippen LogP contribution < -0.4 is 4.90 Å². The van der Waals surface area contributed by atoms with E-state index in [-0.39, 0.29) is 11.9 Å². The average Bonchev–Trinajstić information content (AvgIpc) is 3.17. The van der Waals surface area contributed by atoms with Crippen LogP contribution in [0.4, 0.5) is 9.52 Å². The fourth-order valence-corrected chi connectivity index (χ4v) is 4.16. The second-order valence-corrected chi connectivity index (χ2v) is 7.69. The van der Waals surface area contributed by atoms with Gasteiger partial charge in [0.2, 0.25) is 5.13 Å². The van der Waals surface area contributed by atoms with Gasteiger partial charge in [0, 0.05) is 49.2 Å². The van der Waals surface area contributed by atoms with Gasteiger partial charge in [0.15, 0.2) is 0 Å². The summed E-state index contributed by atoms with van der Waals surface area (Å²) in [5, 5.41) is 0.885. The van der Waals surface area contributed by atoms with Crippen molar-refractivity contribution in [3.63, 3.8) is 0 Å². The maximum atomic E-state index is 13.4. The van der Waals surface area contributed by atoms with E-state index in [0.29, 0.717) is 31.6 Å². The molecule has 2 aromatic carbocycles. The number of aromatic nitrogens is 2. The van der Waals surface area contributed by atoms with Gasteiger partial charge in [-0.05, 0) is 30.7 Å². The van der Waals surface area contributed by atoms with Crippen LogP contribution in [-0.2, 0) is 6.42 Å². The molecular weight excluding hydrogens is 375 g/mol. The van der Waals surface area contributed by atoms with Gasteiger partial charge in [-0.3, -0.25) is 4.79 Å². The molecule has 0 spiro atoms. The Morgan fingerprint density at radius 3 is 2.75 bits per heavy atom. The molecule has 0 bridgehead atoms. The molecule has 7 heteroatoms. The lowest BCUT2D eigenvalue weighted by Crippen LogP contribution is -2.54. The molecule has 28 heavy (non-hydrogen) atoms. The molecule has 0 radical (unpaired) electrons. The minimum atomic E-state index is -0.392. The smallest absolute Gasteiger partial charge is 0.254 e. The number of hydrogen-bond acceptors (Lipinski definition) is 5. The van der Waals surface area contributed by atoms with Crippen molar-refractivity contribution < 1.29 is 9.18 Å². The van der Waals surface area contributed by atoms with Gasteiger partial charge in [-0.25, -0.2) is 9.37 Å². The van der Waals surface area contributed by atoms with Crippen molar-refractivity contribution >= 4 is 22.6 Å². The highest BCUT2D eigenvalue weighted by Gasteiger charge is 2.29. The summed E-state index contributed by atoms with van der Waals surface area (Å²) in [6.07, 6.45) is 0.713. The molecule has 1 aromatic heterocycles. The maximum absolute atomic E-state index is 13.4. The second kappa shape index (κ2) is 8.06. The zero-order valence-corrected chi connectivity index (χ0v) is 16.4. The maximum Gasteiger partial charge on any atom is 0.254 e. The molecule has 1 fully saturated rings. The van der Waals surface area contributed by atoms with E-state index in [1.165, 1.54) is 29.2 Å². The number of carbonyl (C=O) groups is 1. The van der Waals surface area contributed by atoms with Crippen molar-refractivity contribution in [3.05, 3.63) is 77.4 Å². The van der Waals surface area contributed by atoms with E-state index >= 15 is 0 Å². The summed E-state index contributed by atoms with van der Waals surface area (Å²) >= 11 is 1.40. The van der Waals surface area contributed by atoms with E-state index in [0.717, 1.165) is 11.0 Å². The van der Waals surface area contributed by atoms with Gasteiger partial charge in [-0.15, -0.1) is 0 Å². The Bertz CT molecular complexity index is 962. The first-order chi connectivity index (χ1) is 13.6. The highest BCUT2D eigenvalue weighted by Crippen LogP contribution is 2.23. The first-order valence-corrected chi connectivity index (χ1v) is 10.1. The molecular formula is C21H21FN4OS. The van der Waals surface area contributed by atoms with Gasteiger partial charge in [0.1, 0.15) is 11.6 Å². The monoisotopic (exact) mass is 396 g/mol. The quantitative estimate of drug-likeness (QED) is 0.676. The fraction of sp³-hybridized carbons (Fsp3) is 0.286. The largest absolute Gasteiger partial charge is 0.343 e. The normalized spacial score (nSPS) is 17.0. The first-order valence-electron chi connectivity index (χ1n) is 9.28. The third-order valence-electron chi connectivity index (χ3n) is 4.89. The lowest BCUT2D eigenvalue weighted by atomic mass is 10.1. The number of amides is 1. The molecule has 0 saturated carbocycles. The van der Waals surface area contributed by atoms with Crippen LogP contribution in [0.2, 0.25) is 0 Å². The lowest BCUT2D eigenvalue weighted by molar-refractivity contribution is 0.0673. The minimum absolute atomic E-state index is 0.00555. The van der Waals surface area contributed by atoms with Crippen molar-refractivity contribution in [3.8, 4) is 0 Å². The molecule has 0 aliphatic carbocycles. The molecule has 1 saturated heterocycles. The number of hydrogen-bond donors (Lipinski definition) is 0. The van der Waals surface area contributed by atoms with Crippen LogP contribution in [0.15, 0.2) is 54.6 Å². The molecule has 0 N–H and O–H groups in total. The molecule has 1 unspecified atom stereocenters. The Labute approximate surface area is 167 Å². The van der Waals surface area contributed by atoms with Crippen molar-refractivity contribution in [1.82, 2.24) is 14.3 Å². The van der Waals surface area contributed by atoms with E-state index in [4.69, 9.17) is 0 Å². The number of benzene rings is 2. The number of rotatable bonds is 4. The van der Waals surface area contributed by atoms with Gasteiger partial charge in [-0.1, -0.05) is 36.4 Å². The molecule has 1 aliphatic heterocycles. The zero-order chi connectivity index (χ0) is 19.5. The first kappa shape index (κ1) is 18.6. The predicted octanol–water partition coefficient (Wildman–Crippen LogP) is 3.62. The van der Waals surface area contributed by atoms with E-state index < -0.39 is 5.82 Å². The Balaban J connectivity index is 1.41. The topological polar surface area (TPSA) is 49.3 Å². The second-order valence-electron chi connectivity index (χ2n) is 6.96. The minimum Gasteiger partial charge on any atom is -0.343 e. The Morgan fingerprint density at radius 2 is 2.00 bits per heavy atom. The van der Waals surface area contributed by atoms with Crippen LogP contribution in [0.5, 0.6) is 0 Å². The molecule has 144 valence electrons. The van der Waals surface area contributed by atoms with Crippen molar-refractivity contribution in [1.29, 1.82) is 0 Å². The van der Waals surface area contributed by atoms with Gasteiger partial charge in [0.05, 0.1) is 0 Å². The molecule has 1 atom stereocenters. The summed E-state index contributed by atoms with van der Waals surface area (Å²) in [5.74, 6) is 0.294. The van der Waals surface area contributed by atoms with E-state index in [1.54, 1.807) is 17.0 Å². The van der Waals surface area contributed by atoms with E-state index in [1.807, 2.05) is 25.1 Å². The molecule has 1 amide bonds. The summed E-state index contributed by atoms with van der Waals surface area (Å²) in [5.41, 5.74) is 1.58. The molecule has 1 aliphatic rings. The fourth-order valence-electron chi connectivity index (χ4n) is 3.44. The highest BCUT2D eigenvalue weighted by molar-refractivity contribution is 7.09. The van der Waals surface area contributed by atoms with Crippen LogP contribution in [0.25, 0.3) is 0 Å². The van der Waals surface area contributed by atoms with Crippen LogP contribution >= 0.6 is 11.5 Å². The number of piperazine rings is 1. The van der Waals surface area contributed by atoms with E-state index in [9.17, 15) is 9.18 Å². The molecule has 2 heterocycles. The van der Waals surface area contributed by atoms with Crippen LogP contribution in [-0.4, -0.2) is 45.8 Å². The lowest BCUT2D eigenvalue weighted by Gasteiger charge is -2.39. The van der Waals surface area contributed by atoms with Gasteiger partial charge >= 0.3 is 0 Å². The predicted molar refractivity (Wildman–Crippen MR) is 108 cm³/mol. The van der Waals surface area contributed by atoms with Crippen LogP contribution in [0, 0.1) is 5.82 Å². The van der Waals surface area contributed by atoms with Crippen LogP contribution in [0.1, 0.15) is 28.7 Å². The summed E-state index contributed by atoms with van der Waals surface area (Å²) in [7, 11) is 0. The molecule has 5 nitrogen and oxygen atoms in total. The summed E-state index contributed by atoms with van der Waals surface area (Å²) in [6.45, 7) is 3.95.